The summed E-state index contributed by atoms with van der Waals surface area (Å²) in [4.78, 5) is 13.1. The Bertz CT molecular complexity index is 842. The Morgan fingerprint density at radius 1 is 1.08 bits per heavy atom. The van der Waals surface area contributed by atoms with E-state index in [1.807, 2.05) is 75.4 Å². The quantitative estimate of drug-likeness (QED) is 0.615. The summed E-state index contributed by atoms with van der Waals surface area (Å²) in [6, 6.07) is 16.8. The van der Waals surface area contributed by atoms with Crippen LogP contribution >= 0.6 is 12.2 Å². The molecule has 0 aliphatic carbocycles. The number of thiocarbonyl (C=S) groups is 1. The summed E-state index contributed by atoms with van der Waals surface area (Å²) in [5.74, 6) is 0.787. The van der Waals surface area contributed by atoms with E-state index in [1.165, 1.54) is 0 Å². The van der Waals surface area contributed by atoms with E-state index < -0.39 is 0 Å². The molecule has 0 radical (unpaired) electrons. The number of carbonyl (C=O) groups excluding carboxylic acids is 1. The Morgan fingerprint density at radius 3 is 2.35 bits per heavy atom. The molecule has 0 saturated carbocycles. The Balaban J connectivity index is 1.96. The molecule has 1 heterocycles. The zero-order valence-electron chi connectivity index (χ0n) is 15.1. The van der Waals surface area contributed by atoms with E-state index in [2.05, 4.69) is 10.6 Å². The maximum Gasteiger partial charge on any atom is 0.193 e. The maximum absolute atomic E-state index is 13.1. The van der Waals surface area contributed by atoms with Crippen LogP contribution in [0.5, 0.6) is 5.75 Å². The number of allylic oxidation sites excluding steroid dienone is 1. The van der Waals surface area contributed by atoms with Crippen molar-refractivity contribution in [3.8, 4) is 5.75 Å². The average Bonchev–Trinajstić information content (AvgIpc) is 2.61. The van der Waals surface area contributed by atoms with E-state index >= 15 is 0 Å². The molecular weight excluding hydrogens is 344 g/mol. The lowest BCUT2D eigenvalue weighted by Crippen LogP contribution is -2.44. The molecule has 1 aliphatic heterocycles. The van der Waals surface area contributed by atoms with Crippen LogP contribution in [0.2, 0.25) is 0 Å². The van der Waals surface area contributed by atoms with Crippen molar-refractivity contribution >= 4 is 23.1 Å². The topological polar surface area (TPSA) is 50.4 Å². The summed E-state index contributed by atoms with van der Waals surface area (Å²) >= 11 is 5.31. The summed E-state index contributed by atoms with van der Waals surface area (Å²) in [6.45, 7) is 5.86. The van der Waals surface area contributed by atoms with E-state index in [-0.39, 0.29) is 17.9 Å². The number of carbonyl (C=O) groups is 1. The third-order valence-electron chi connectivity index (χ3n) is 4.13. The van der Waals surface area contributed by atoms with Crippen LogP contribution < -0.4 is 15.4 Å². The zero-order valence-corrected chi connectivity index (χ0v) is 15.9. The average molecular weight is 366 g/mol. The Labute approximate surface area is 159 Å². The van der Waals surface area contributed by atoms with E-state index in [0.717, 1.165) is 17.0 Å². The first kappa shape index (κ1) is 18.1. The molecule has 1 unspecified atom stereocenters. The maximum atomic E-state index is 13.1. The SMILES string of the molecule is CC1=C(C(=O)c2ccccc2)C(c2ccc(OC(C)C)cc2)NC(=S)N1. The minimum Gasteiger partial charge on any atom is -0.491 e. The van der Waals surface area contributed by atoms with Crippen LogP contribution in [-0.2, 0) is 0 Å². The van der Waals surface area contributed by atoms with Crippen molar-refractivity contribution in [2.75, 3.05) is 0 Å². The van der Waals surface area contributed by atoms with Crippen molar-refractivity contribution in [3.63, 3.8) is 0 Å². The van der Waals surface area contributed by atoms with Gasteiger partial charge in [0.1, 0.15) is 5.75 Å². The molecule has 0 aromatic heterocycles. The van der Waals surface area contributed by atoms with Crippen molar-refractivity contribution < 1.29 is 9.53 Å². The Kier molecular flexibility index (Phi) is 5.38. The fourth-order valence-electron chi connectivity index (χ4n) is 3.00. The van der Waals surface area contributed by atoms with E-state index in [0.29, 0.717) is 16.2 Å². The van der Waals surface area contributed by atoms with Crippen LogP contribution in [0.4, 0.5) is 0 Å². The van der Waals surface area contributed by atoms with Gasteiger partial charge in [0.05, 0.1) is 12.1 Å². The third kappa shape index (κ3) is 3.94. The lowest BCUT2D eigenvalue weighted by Gasteiger charge is -2.30. The second-order valence-electron chi connectivity index (χ2n) is 6.50. The number of hydrogen-bond donors (Lipinski definition) is 2. The predicted octanol–water partition coefficient (Wildman–Crippen LogP) is 4.15. The minimum absolute atomic E-state index is 0.0156. The summed E-state index contributed by atoms with van der Waals surface area (Å²) in [5, 5.41) is 6.81. The highest BCUT2D eigenvalue weighted by molar-refractivity contribution is 7.80. The van der Waals surface area contributed by atoms with E-state index in [1.54, 1.807) is 0 Å². The lowest BCUT2D eigenvalue weighted by molar-refractivity contribution is 0.102. The lowest BCUT2D eigenvalue weighted by atomic mass is 9.89. The molecular formula is C21H22N2O2S. The first-order valence-corrected chi connectivity index (χ1v) is 9.01. The van der Waals surface area contributed by atoms with Crippen molar-refractivity contribution in [2.24, 2.45) is 0 Å². The largest absolute Gasteiger partial charge is 0.491 e. The summed E-state index contributed by atoms with van der Waals surface area (Å²) in [7, 11) is 0. The minimum atomic E-state index is -0.301. The normalized spacial score (nSPS) is 16.9. The van der Waals surface area contributed by atoms with Crippen LogP contribution in [0, 0.1) is 0 Å². The molecule has 0 fully saturated rings. The van der Waals surface area contributed by atoms with E-state index in [9.17, 15) is 4.79 Å². The highest BCUT2D eigenvalue weighted by atomic mass is 32.1. The van der Waals surface area contributed by atoms with Gasteiger partial charge in [-0.15, -0.1) is 0 Å². The number of rotatable bonds is 5. The Morgan fingerprint density at radius 2 is 1.73 bits per heavy atom. The van der Waals surface area contributed by atoms with Crippen LogP contribution in [-0.4, -0.2) is 17.0 Å². The molecule has 4 nitrogen and oxygen atoms in total. The van der Waals surface area contributed by atoms with E-state index in [4.69, 9.17) is 17.0 Å². The van der Waals surface area contributed by atoms with Crippen LogP contribution in [0.1, 0.15) is 42.7 Å². The van der Waals surface area contributed by atoms with Gasteiger partial charge >= 0.3 is 0 Å². The number of benzene rings is 2. The molecule has 1 aliphatic rings. The standard InChI is InChI=1S/C21H22N2O2S/c1-13(2)25-17-11-9-15(10-12-17)19-18(14(3)22-21(26)23-19)20(24)16-7-5-4-6-8-16/h4-13,19H,1-3H3,(H2,22,23,26). The van der Waals surface area contributed by atoms with Gasteiger partial charge in [0.25, 0.3) is 0 Å². The number of hydrogen-bond acceptors (Lipinski definition) is 3. The molecule has 26 heavy (non-hydrogen) atoms. The van der Waals surface area contributed by atoms with Crippen LogP contribution in [0.25, 0.3) is 0 Å². The zero-order chi connectivity index (χ0) is 18.7. The van der Waals surface area contributed by atoms with Gasteiger partial charge in [0.15, 0.2) is 10.9 Å². The van der Waals surface area contributed by atoms with Crippen molar-refractivity contribution in [3.05, 3.63) is 77.0 Å². The summed E-state index contributed by atoms with van der Waals surface area (Å²) in [5.41, 5.74) is 3.06. The van der Waals surface area contributed by atoms with Crippen molar-refractivity contribution in [2.45, 2.75) is 32.9 Å². The van der Waals surface area contributed by atoms with Crippen LogP contribution in [0.3, 0.4) is 0 Å². The van der Waals surface area contributed by atoms with Crippen LogP contribution in [0.15, 0.2) is 65.9 Å². The molecule has 0 amide bonds. The molecule has 5 heteroatoms. The fourth-order valence-corrected chi connectivity index (χ4v) is 3.27. The molecule has 0 spiro atoms. The number of ketones is 1. The first-order chi connectivity index (χ1) is 12.5. The van der Waals surface area contributed by atoms with Gasteiger partial charge in [-0.2, -0.15) is 0 Å². The van der Waals surface area contributed by atoms with Gasteiger partial charge in [0.2, 0.25) is 0 Å². The number of nitrogens with one attached hydrogen (secondary N) is 2. The molecule has 2 N–H and O–H groups in total. The third-order valence-corrected chi connectivity index (χ3v) is 4.35. The number of ether oxygens (including phenoxy) is 1. The molecule has 0 saturated heterocycles. The molecule has 2 aromatic carbocycles. The van der Waals surface area contributed by atoms with Crippen molar-refractivity contribution in [1.29, 1.82) is 0 Å². The molecule has 1 atom stereocenters. The van der Waals surface area contributed by atoms with Gasteiger partial charge in [-0.1, -0.05) is 42.5 Å². The highest BCUT2D eigenvalue weighted by Crippen LogP contribution is 2.30. The molecule has 134 valence electrons. The Hall–Kier alpha value is -2.66. The number of Topliss-reactive ketones (excluding diaryl/α,β-unsaturated/α-hetero) is 1. The smallest absolute Gasteiger partial charge is 0.193 e. The molecule has 2 aromatic rings. The monoisotopic (exact) mass is 366 g/mol. The molecule has 0 bridgehead atoms. The van der Waals surface area contributed by atoms with Gasteiger partial charge in [-0.3, -0.25) is 4.79 Å². The second kappa shape index (κ2) is 7.70. The predicted molar refractivity (Wildman–Crippen MR) is 107 cm³/mol. The van der Waals surface area contributed by atoms with Crippen molar-refractivity contribution in [1.82, 2.24) is 10.6 Å². The van der Waals surface area contributed by atoms with Gasteiger partial charge in [-0.05, 0) is 50.7 Å². The second-order valence-corrected chi connectivity index (χ2v) is 6.91. The van der Waals surface area contributed by atoms with Gasteiger partial charge in [-0.25, -0.2) is 0 Å². The highest BCUT2D eigenvalue weighted by Gasteiger charge is 2.30. The summed E-state index contributed by atoms with van der Waals surface area (Å²) < 4.78 is 5.70. The molecule has 3 rings (SSSR count). The summed E-state index contributed by atoms with van der Waals surface area (Å²) in [6.07, 6.45) is 0.114. The fraction of sp³-hybridized carbons (Fsp3) is 0.238. The van der Waals surface area contributed by atoms with Gasteiger partial charge in [0, 0.05) is 16.8 Å². The van der Waals surface area contributed by atoms with Gasteiger partial charge < -0.3 is 15.4 Å². The first-order valence-electron chi connectivity index (χ1n) is 8.60.